The molecule has 0 spiro atoms. The van der Waals surface area contributed by atoms with Crippen molar-refractivity contribution in [1.82, 2.24) is 0 Å². The lowest BCUT2D eigenvalue weighted by atomic mass is 10.1. The highest BCUT2D eigenvalue weighted by Gasteiger charge is 2.05. The van der Waals surface area contributed by atoms with Crippen molar-refractivity contribution >= 4 is 5.97 Å². The Kier molecular flexibility index (Phi) is 7.68. The topological polar surface area (TPSA) is 35.5 Å². The largest absolute Gasteiger partial charge is 0.494 e. The second-order valence-corrected chi connectivity index (χ2v) is 6.66. The van der Waals surface area contributed by atoms with Crippen molar-refractivity contribution in [3.8, 4) is 16.9 Å². The first-order valence-electron chi connectivity index (χ1n) is 9.83. The van der Waals surface area contributed by atoms with Crippen LogP contribution in [-0.2, 0) is 4.74 Å². The van der Waals surface area contributed by atoms with Crippen molar-refractivity contribution in [3.05, 3.63) is 90.5 Å². The first-order chi connectivity index (χ1) is 13.8. The Balaban J connectivity index is 1.26. The van der Waals surface area contributed by atoms with Gasteiger partial charge in [-0.05, 0) is 61.1 Å². The summed E-state index contributed by atoms with van der Waals surface area (Å²) in [6, 6.07) is 27.6. The molecule has 3 aromatic carbocycles. The molecule has 0 unspecified atom stereocenters. The van der Waals surface area contributed by atoms with E-state index in [0.717, 1.165) is 31.4 Å². The molecular weight excluding hydrogens is 348 g/mol. The highest BCUT2D eigenvalue weighted by Crippen LogP contribution is 2.22. The molecule has 0 atom stereocenters. The Labute approximate surface area is 166 Å². The predicted octanol–water partition coefficient (Wildman–Crippen LogP) is 6.15. The Morgan fingerprint density at radius 3 is 1.86 bits per heavy atom. The van der Waals surface area contributed by atoms with Gasteiger partial charge in [-0.1, -0.05) is 60.7 Å². The van der Waals surface area contributed by atoms with Gasteiger partial charge >= 0.3 is 5.97 Å². The predicted molar refractivity (Wildman–Crippen MR) is 113 cm³/mol. The van der Waals surface area contributed by atoms with Gasteiger partial charge in [0.25, 0.3) is 0 Å². The van der Waals surface area contributed by atoms with Gasteiger partial charge in [0.1, 0.15) is 5.75 Å². The first-order valence-corrected chi connectivity index (χ1v) is 9.83. The minimum atomic E-state index is -0.247. The van der Waals surface area contributed by atoms with Gasteiger partial charge in [-0.3, -0.25) is 0 Å². The summed E-state index contributed by atoms with van der Waals surface area (Å²) in [5.41, 5.74) is 3.01. The van der Waals surface area contributed by atoms with Gasteiger partial charge in [-0.15, -0.1) is 0 Å². The number of rotatable bonds is 10. The fourth-order valence-electron chi connectivity index (χ4n) is 2.94. The molecule has 0 aliphatic carbocycles. The number of carbonyl (C=O) groups excluding carboxylic acids is 1. The molecule has 0 aliphatic rings. The summed E-state index contributed by atoms with van der Waals surface area (Å²) in [7, 11) is 0. The quantitative estimate of drug-likeness (QED) is 0.315. The van der Waals surface area contributed by atoms with E-state index < -0.39 is 0 Å². The number of unbranched alkanes of at least 4 members (excludes halogenated alkanes) is 3. The van der Waals surface area contributed by atoms with Crippen LogP contribution in [0.25, 0.3) is 11.1 Å². The summed E-state index contributed by atoms with van der Waals surface area (Å²) in [5, 5.41) is 0. The maximum absolute atomic E-state index is 11.8. The molecule has 0 amide bonds. The number of benzene rings is 3. The molecule has 3 heteroatoms. The molecule has 0 aliphatic heterocycles. The molecule has 3 nitrogen and oxygen atoms in total. The summed E-state index contributed by atoms with van der Waals surface area (Å²) in [6.07, 6.45) is 3.96. The molecule has 0 saturated heterocycles. The van der Waals surface area contributed by atoms with Crippen LogP contribution >= 0.6 is 0 Å². The molecular formula is C25H26O3. The highest BCUT2D eigenvalue weighted by molar-refractivity contribution is 5.89. The summed E-state index contributed by atoms with van der Waals surface area (Å²) in [6.45, 7) is 1.17. The number of hydrogen-bond donors (Lipinski definition) is 0. The molecule has 0 fully saturated rings. The third-order valence-electron chi connectivity index (χ3n) is 4.51. The van der Waals surface area contributed by atoms with Gasteiger partial charge in [0.2, 0.25) is 0 Å². The average molecular weight is 374 g/mol. The van der Waals surface area contributed by atoms with E-state index in [1.165, 1.54) is 11.1 Å². The fourth-order valence-corrected chi connectivity index (χ4v) is 2.94. The Morgan fingerprint density at radius 2 is 1.18 bits per heavy atom. The van der Waals surface area contributed by atoms with E-state index in [2.05, 4.69) is 24.3 Å². The number of hydrogen-bond acceptors (Lipinski definition) is 3. The number of carbonyl (C=O) groups is 1. The molecule has 0 aromatic heterocycles. The molecule has 0 heterocycles. The monoisotopic (exact) mass is 374 g/mol. The van der Waals surface area contributed by atoms with Gasteiger partial charge < -0.3 is 9.47 Å². The van der Waals surface area contributed by atoms with Crippen molar-refractivity contribution in [2.45, 2.75) is 25.7 Å². The van der Waals surface area contributed by atoms with Gasteiger partial charge in [-0.2, -0.15) is 0 Å². The average Bonchev–Trinajstić information content (AvgIpc) is 2.77. The maximum atomic E-state index is 11.8. The van der Waals surface area contributed by atoms with Crippen molar-refractivity contribution < 1.29 is 14.3 Å². The third kappa shape index (κ3) is 6.27. The van der Waals surface area contributed by atoms with Crippen molar-refractivity contribution in [3.63, 3.8) is 0 Å². The van der Waals surface area contributed by atoms with Crippen LogP contribution in [0.2, 0.25) is 0 Å². The molecule has 28 heavy (non-hydrogen) atoms. The highest BCUT2D eigenvalue weighted by atomic mass is 16.5. The van der Waals surface area contributed by atoms with Gasteiger partial charge in [0.15, 0.2) is 0 Å². The SMILES string of the molecule is O=C(OCCCCCCOc1ccc(-c2ccccc2)cc1)c1ccccc1. The first kappa shape index (κ1) is 19.7. The van der Waals surface area contributed by atoms with Crippen LogP contribution in [0.3, 0.4) is 0 Å². The van der Waals surface area contributed by atoms with Crippen molar-refractivity contribution in [2.24, 2.45) is 0 Å². The van der Waals surface area contributed by atoms with Crippen molar-refractivity contribution in [2.75, 3.05) is 13.2 Å². The van der Waals surface area contributed by atoms with Crippen LogP contribution in [-0.4, -0.2) is 19.2 Å². The van der Waals surface area contributed by atoms with Crippen LogP contribution in [0.4, 0.5) is 0 Å². The van der Waals surface area contributed by atoms with Crippen LogP contribution in [0.1, 0.15) is 36.0 Å². The lowest BCUT2D eigenvalue weighted by Crippen LogP contribution is -2.06. The lowest BCUT2D eigenvalue weighted by molar-refractivity contribution is 0.0497. The van der Waals surface area contributed by atoms with Crippen LogP contribution in [0.5, 0.6) is 5.75 Å². The summed E-state index contributed by atoms with van der Waals surface area (Å²) < 4.78 is 11.1. The number of esters is 1. The van der Waals surface area contributed by atoms with Gasteiger partial charge in [-0.25, -0.2) is 4.79 Å². The second-order valence-electron chi connectivity index (χ2n) is 6.66. The lowest BCUT2D eigenvalue weighted by Gasteiger charge is -2.08. The zero-order valence-corrected chi connectivity index (χ0v) is 16.1. The van der Waals surface area contributed by atoms with Crippen molar-refractivity contribution in [1.29, 1.82) is 0 Å². The van der Waals surface area contributed by atoms with Gasteiger partial charge in [0, 0.05) is 0 Å². The smallest absolute Gasteiger partial charge is 0.338 e. The molecule has 0 saturated carbocycles. The summed E-state index contributed by atoms with van der Waals surface area (Å²) >= 11 is 0. The number of ether oxygens (including phenoxy) is 2. The minimum absolute atomic E-state index is 0.247. The van der Waals surface area contributed by atoms with E-state index in [1.807, 2.05) is 48.5 Å². The van der Waals surface area contributed by atoms with E-state index in [-0.39, 0.29) is 5.97 Å². The third-order valence-corrected chi connectivity index (χ3v) is 4.51. The van der Waals surface area contributed by atoms with Crippen LogP contribution in [0, 0.1) is 0 Å². The van der Waals surface area contributed by atoms with E-state index in [9.17, 15) is 4.79 Å². The van der Waals surface area contributed by atoms with Gasteiger partial charge in [0.05, 0.1) is 18.8 Å². The molecule has 3 rings (SSSR count). The van der Waals surface area contributed by atoms with Crippen LogP contribution < -0.4 is 4.74 Å². The Morgan fingerprint density at radius 1 is 0.607 bits per heavy atom. The molecule has 0 bridgehead atoms. The minimum Gasteiger partial charge on any atom is -0.494 e. The molecule has 144 valence electrons. The molecule has 3 aromatic rings. The summed E-state index contributed by atoms with van der Waals surface area (Å²) in [5.74, 6) is 0.652. The van der Waals surface area contributed by atoms with E-state index in [4.69, 9.17) is 9.47 Å². The second kappa shape index (κ2) is 10.9. The zero-order valence-electron chi connectivity index (χ0n) is 16.1. The summed E-state index contributed by atoms with van der Waals surface area (Å²) in [4.78, 5) is 11.8. The van der Waals surface area contributed by atoms with E-state index in [0.29, 0.717) is 18.8 Å². The van der Waals surface area contributed by atoms with E-state index in [1.54, 1.807) is 12.1 Å². The molecule has 0 radical (unpaired) electrons. The van der Waals surface area contributed by atoms with E-state index >= 15 is 0 Å². The Bertz CT molecular complexity index is 827. The standard InChI is InChI=1S/C25H26O3/c26-25(23-13-7-4-8-14-23)28-20-10-2-1-9-19-27-24-17-15-22(16-18-24)21-11-5-3-6-12-21/h3-8,11-18H,1-2,9-10,19-20H2. The fraction of sp³-hybridized carbons (Fsp3) is 0.240. The normalized spacial score (nSPS) is 10.4. The van der Waals surface area contributed by atoms with Crippen LogP contribution in [0.15, 0.2) is 84.9 Å². The maximum Gasteiger partial charge on any atom is 0.338 e. The molecule has 0 N–H and O–H groups in total. The zero-order chi connectivity index (χ0) is 19.4. The Hall–Kier alpha value is -3.07.